The molecule has 0 spiro atoms. The molecule has 0 radical (unpaired) electrons. The molecule has 2 aromatic rings. The SMILES string of the molecule is CNC(=S)c1c(C)ccc2ccccc12. The van der Waals surface area contributed by atoms with E-state index in [1.165, 1.54) is 16.3 Å². The zero-order valence-corrected chi connectivity index (χ0v) is 9.69. The number of fused-ring (bicyclic) bond motifs is 1. The van der Waals surface area contributed by atoms with E-state index in [0.29, 0.717) is 0 Å². The molecule has 0 aliphatic rings. The third-order valence-corrected chi connectivity index (χ3v) is 3.00. The van der Waals surface area contributed by atoms with Gasteiger partial charge in [0.05, 0.1) is 0 Å². The van der Waals surface area contributed by atoms with Gasteiger partial charge in [0.15, 0.2) is 0 Å². The second kappa shape index (κ2) is 3.99. The summed E-state index contributed by atoms with van der Waals surface area (Å²) < 4.78 is 0. The molecule has 0 fully saturated rings. The van der Waals surface area contributed by atoms with Gasteiger partial charge in [-0.3, -0.25) is 0 Å². The lowest BCUT2D eigenvalue weighted by atomic mass is 10.00. The summed E-state index contributed by atoms with van der Waals surface area (Å²) in [6.45, 7) is 2.09. The van der Waals surface area contributed by atoms with E-state index in [4.69, 9.17) is 12.2 Å². The normalized spacial score (nSPS) is 10.3. The van der Waals surface area contributed by atoms with Crippen LogP contribution in [-0.2, 0) is 0 Å². The van der Waals surface area contributed by atoms with Crippen molar-refractivity contribution in [2.75, 3.05) is 7.05 Å². The molecule has 2 aromatic carbocycles. The monoisotopic (exact) mass is 215 g/mol. The Kier molecular flexibility index (Phi) is 2.69. The van der Waals surface area contributed by atoms with Crippen molar-refractivity contribution in [1.82, 2.24) is 5.32 Å². The Bertz CT molecular complexity index is 517. The van der Waals surface area contributed by atoms with Gasteiger partial charge in [-0.2, -0.15) is 0 Å². The lowest BCUT2D eigenvalue weighted by Crippen LogP contribution is -2.18. The van der Waals surface area contributed by atoms with Crippen molar-refractivity contribution in [1.29, 1.82) is 0 Å². The smallest absolute Gasteiger partial charge is 0.107 e. The number of hydrogen-bond donors (Lipinski definition) is 1. The van der Waals surface area contributed by atoms with E-state index in [0.717, 1.165) is 10.6 Å². The van der Waals surface area contributed by atoms with Gasteiger partial charge in [0.25, 0.3) is 0 Å². The van der Waals surface area contributed by atoms with Crippen LogP contribution in [0.15, 0.2) is 36.4 Å². The van der Waals surface area contributed by atoms with Crippen molar-refractivity contribution < 1.29 is 0 Å². The van der Waals surface area contributed by atoms with Crippen LogP contribution in [0.3, 0.4) is 0 Å². The molecule has 0 atom stereocenters. The summed E-state index contributed by atoms with van der Waals surface area (Å²) in [5.74, 6) is 0. The van der Waals surface area contributed by atoms with Gasteiger partial charge >= 0.3 is 0 Å². The molecular weight excluding hydrogens is 202 g/mol. The van der Waals surface area contributed by atoms with Crippen LogP contribution >= 0.6 is 12.2 Å². The molecular formula is C13H13NS. The van der Waals surface area contributed by atoms with Crippen LogP contribution < -0.4 is 5.32 Å². The molecule has 0 saturated heterocycles. The van der Waals surface area contributed by atoms with Crippen LogP contribution in [0.1, 0.15) is 11.1 Å². The molecule has 76 valence electrons. The summed E-state index contributed by atoms with van der Waals surface area (Å²) in [6.07, 6.45) is 0. The minimum Gasteiger partial charge on any atom is -0.379 e. The van der Waals surface area contributed by atoms with Gasteiger partial charge in [-0.25, -0.2) is 0 Å². The zero-order chi connectivity index (χ0) is 10.8. The quantitative estimate of drug-likeness (QED) is 0.734. The molecule has 2 rings (SSSR count). The maximum absolute atomic E-state index is 5.33. The Morgan fingerprint density at radius 3 is 2.60 bits per heavy atom. The van der Waals surface area contributed by atoms with E-state index in [1.807, 2.05) is 19.2 Å². The van der Waals surface area contributed by atoms with Crippen molar-refractivity contribution in [3.8, 4) is 0 Å². The standard InChI is InChI=1S/C13H13NS/c1-9-7-8-10-5-3-4-6-11(10)12(9)13(15)14-2/h3-8H,1-2H3,(H,14,15). The van der Waals surface area contributed by atoms with Gasteiger partial charge in [-0.15, -0.1) is 0 Å². The summed E-state index contributed by atoms with van der Waals surface area (Å²) in [5.41, 5.74) is 2.36. The second-order valence-electron chi connectivity index (χ2n) is 3.56. The molecule has 1 N–H and O–H groups in total. The van der Waals surface area contributed by atoms with E-state index in [9.17, 15) is 0 Å². The summed E-state index contributed by atoms with van der Waals surface area (Å²) in [6, 6.07) is 12.6. The Morgan fingerprint density at radius 1 is 1.13 bits per heavy atom. The molecule has 0 aromatic heterocycles. The van der Waals surface area contributed by atoms with Gasteiger partial charge < -0.3 is 5.32 Å². The lowest BCUT2D eigenvalue weighted by molar-refractivity contribution is 1.20. The fraction of sp³-hybridized carbons (Fsp3) is 0.154. The molecule has 0 bridgehead atoms. The predicted octanol–water partition coefficient (Wildman–Crippen LogP) is 3.04. The third kappa shape index (κ3) is 1.73. The summed E-state index contributed by atoms with van der Waals surface area (Å²) >= 11 is 5.33. The highest BCUT2D eigenvalue weighted by atomic mass is 32.1. The van der Waals surface area contributed by atoms with Gasteiger partial charge in [-0.05, 0) is 23.3 Å². The molecule has 0 aliphatic heterocycles. The molecule has 0 aliphatic carbocycles. The third-order valence-electron chi connectivity index (χ3n) is 2.59. The number of nitrogens with one attached hydrogen (secondary N) is 1. The van der Waals surface area contributed by atoms with E-state index in [2.05, 4.69) is 36.5 Å². The van der Waals surface area contributed by atoms with E-state index in [1.54, 1.807) is 0 Å². The fourth-order valence-corrected chi connectivity index (χ4v) is 2.08. The first-order valence-electron chi connectivity index (χ1n) is 4.94. The fourth-order valence-electron chi connectivity index (χ4n) is 1.81. The van der Waals surface area contributed by atoms with E-state index < -0.39 is 0 Å². The molecule has 1 nitrogen and oxygen atoms in total. The predicted molar refractivity (Wildman–Crippen MR) is 69.4 cm³/mol. The first kappa shape index (κ1) is 10.1. The van der Waals surface area contributed by atoms with Gasteiger partial charge in [0, 0.05) is 12.6 Å². The Morgan fingerprint density at radius 2 is 1.87 bits per heavy atom. The highest BCUT2D eigenvalue weighted by Crippen LogP contribution is 2.22. The Hall–Kier alpha value is -1.41. The summed E-state index contributed by atoms with van der Waals surface area (Å²) in [7, 11) is 1.86. The van der Waals surface area contributed by atoms with Crippen molar-refractivity contribution >= 4 is 28.0 Å². The molecule has 0 heterocycles. The molecule has 0 amide bonds. The van der Waals surface area contributed by atoms with Crippen molar-refractivity contribution in [2.24, 2.45) is 0 Å². The molecule has 2 heteroatoms. The zero-order valence-electron chi connectivity index (χ0n) is 8.87. The second-order valence-corrected chi connectivity index (χ2v) is 3.97. The first-order chi connectivity index (χ1) is 7.24. The van der Waals surface area contributed by atoms with Crippen LogP contribution in [0.25, 0.3) is 10.8 Å². The maximum Gasteiger partial charge on any atom is 0.107 e. The Balaban J connectivity index is 2.79. The molecule has 0 saturated carbocycles. The van der Waals surface area contributed by atoms with Crippen LogP contribution in [0.5, 0.6) is 0 Å². The minimum atomic E-state index is 0.810. The average molecular weight is 215 g/mol. The molecule has 15 heavy (non-hydrogen) atoms. The van der Waals surface area contributed by atoms with Gasteiger partial charge in [-0.1, -0.05) is 48.6 Å². The largest absolute Gasteiger partial charge is 0.379 e. The van der Waals surface area contributed by atoms with Crippen molar-refractivity contribution in [3.63, 3.8) is 0 Å². The van der Waals surface area contributed by atoms with Crippen molar-refractivity contribution in [2.45, 2.75) is 6.92 Å². The van der Waals surface area contributed by atoms with Crippen LogP contribution in [0, 0.1) is 6.92 Å². The van der Waals surface area contributed by atoms with Crippen LogP contribution in [-0.4, -0.2) is 12.0 Å². The number of aryl methyl sites for hydroxylation is 1. The van der Waals surface area contributed by atoms with Gasteiger partial charge in [0.2, 0.25) is 0 Å². The Labute approximate surface area is 95.1 Å². The summed E-state index contributed by atoms with van der Waals surface area (Å²) in [4.78, 5) is 0.810. The van der Waals surface area contributed by atoms with Gasteiger partial charge in [0.1, 0.15) is 4.99 Å². The average Bonchev–Trinajstić information content (AvgIpc) is 2.28. The number of benzene rings is 2. The summed E-state index contributed by atoms with van der Waals surface area (Å²) in [5, 5.41) is 5.50. The number of rotatable bonds is 1. The van der Waals surface area contributed by atoms with Crippen LogP contribution in [0.4, 0.5) is 0 Å². The minimum absolute atomic E-state index is 0.810. The maximum atomic E-state index is 5.33. The highest BCUT2D eigenvalue weighted by molar-refractivity contribution is 7.80. The van der Waals surface area contributed by atoms with E-state index >= 15 is 0 Å². The number of hydrogen-bond acceptors (Lipinski definition) is 1. The molecule has 0 unspecified atom stereocenters. The lowest BCUT2D eigenvalue weighted by Gasteiger charge is -2.10. The number of thiocarbonyl (C=S) groups is 1. The van der Waals surface area contributed by atoms with Crippen LogP contribution in [0.2, 0.25) is 0 Å². The van der Waals surface area contributed by atoms with E-state index in [-0.39, 0.29) is 0 Å². The topological polar surface area (TPSA) is 12.0 Å². The highest BCUT2D eigenvalue weighted by Gasteiger charge is 2.07. The van der Waals surface area contributed by atoms with Crippen molar-refractivity contribution in [3.05, 3.63) is 47.5 Å². The first-order valence-corrected chi connectivity index (χ1v) is 5.35.